The van der Waals surface area contributed by atoms with E-state index in [0.717, 1.165) is 31.1 Å². The largest absolute Gasteiger partial charge is 0.415 e. The van der Waals surface area contributed by atoms with Crippen LogP contribution in [0.15, 0.2) is 17.1 Å². The third kappa shape index (κ3) is 5.23. The summed E-state index contributed by atoms with van der Waals surface area (Å²) >= 11 is 3.45. The van der Waals surface area contributed by atoms with E-state index in [9.17, 15) is 4.79 Å². The second kappa shape index (κ2) is 8.92. The van der Waals surface area contributed by atoms with Crippen LogP contribution in [0.25, 0.3) is 11.0 Å². The summed E-state index contributed by atoms with van der Waals surface area (Å²) in [6.45, 7) is 12.9. The van der Waals surface area contributed by atoms with Gasteiger partial charge in [-0.25, -0.2) is 4.98 Å². The fourth-order valence-corrected chi connectivity index (χ4v) is 4.19. The molecule has 0 fully saturated rings. The van der Waals surface area contributed by atoms with Crippen LogP contribution in [0.1, 0.15) is 40.0 Å². The van der Waals surface area contributed by atoms with Gasteiger partial charge in [0.25, 0.3) is 5.56 Å². The first kappa shape index (κ1) is 22.2. The molecule has 2 rings (SSSR count). The average molecular weight is 457 g/mol. The number of pyridine rings is 1. The van der Waals surface area contributed by atoms with Crippen molar-refractivity contribution in [1.29, 1.82) is 0 Å². The van der Waals surface area contributed by atoms with Crippen LogP contribution in [0.3, 0.4) is 0 Å². The highest BCUT2D eigenvalue weighted by molar-refractivity contribution is 9.09. The van der Waals surface area contributed by atoms with Gasteiger partial charge in [-0.1, -0.05) is 43.1 Å². The van der Waals surface area contributed by atoms with E-state index in [2.05, 4.69) is 54.8 Å². The normalized spacial score (nSPS) is 12.8. The van der Waals surface area contributed by atoms with Gasteiger partial charge in [0.1, 0.15) is 5.52 Å². The second-order valence-corrected chi connectivity index (χ2v) is 14.1. The van der Waals surface area contributed by atoms with Crippen molar-refractivity contribution in [3.8, 4) is 0 Å². The number of unbranched alkanes of at least 4 members (excludes halogenated alkanes) is 2. The van der Waals surface area contributed by atoms with Crippen molar-refractivity contribution < 1.29 is 4.43 Å². The second-order valence-electron chi connectivity index (χ2n) is 8.53. The van der Waals surface area contributed by atoms with Crippen LogP contribution < -0.4 is 11.3 Å². The van der Waals surface area contributed by atoms with E-state index in [-0.39, 0.29) is 10.6 Å². The van der Waals surface area contributed by atoms with Crippen LogP contribution >= 0.6 is 15.9 Å². The third-order valence-corrected chi connectivity index (χ3v) is 10.6. The summed E-state index contributed by atoms with van der Waals surface area (Å²) in [6, 6.07) is 1.87. The molecule has 27 heavy (non-hydrogen) atoms. The summed E-state index contributed by atoms with van der Waals surface area (Å²) in [4.78, 5) is 17.4. The van der Waals surface area contributed by atoms with Crippen LogP contribution in [0.2, 0.25) is 18.1 Å². The average Bonchev–Trinajstić information content (AvgIpc) is 2.89. The number of nitrogens with zero attached hydrogens (tertiary/aromatic N) is 3. The summed E-state index contributed by atoms with van der Waals surface area (Å²) in [7, 11) is -1.82. The highest BCUT2D eigenvalue weighted by Gasteiger charge is 2.36. The molecule has 2 aromatic rings. The number of aromatic nitrogens is 3. The molecule has 0 atom stereocenters. The minimum atomic E-state index is -1.82. The molecular formula is C19H33BrN4O2Si. The van der Waals surface area contributed by atoms with E-state index in [4.69, 9.17) is 10.2 Å². The van der Waals surface area contributed by atoms with E-state index in [1.54, 1.807) is 10.8 Å². The number of imidazole rings is 1. The highest BCUT2D eigenvalue weighted by Crippen LogP contribution is 2.36. The predicted octanol–water partition coefficient (Wildman–Crippen LogP) is 4.37. The summed E-state index contributed by atoms with van der Waals surface area (Å²) in [5.41, 5.74) is 7.29. The molecule has 0 aliphatic rings. The zero-order valence-corrected chi connectivity index (χ0v) is 19.8. The van der Waals surface area contributed by atoms with E-state index in [1.165, 1.54) is 0 Å². The number of fused-ring (bicyclic) bond motifs is 1. The van der Waals surface area contributed by atoms with Gasteiger partial charge >= 0.3 is 0 Å². The van der Waals surface area contributed by atoms with Crippen LogP contribution in [-0.4, -0.2) is 34.4 Å². The SMILES string of the molecule is CC(C)(C)[Si](C)(C)OCCn1ccc2nc(N)n(CCCCCBr)c2c1=O. The first-order valence-electron chi connectivity index (χ1n) is 9.63. The maximum absolute atomic E-state index is 13.0. The lowest BCUT2D eigenvalue weighted by Crippen LogP contribution is -2.41. The number of halogens is 1. The van der Waals surface area contributed by atoms with Gasteiger partial charge in [-0.15, -0.1) is 0 Å². The van der Waals surface area contributed by atoms with Crippen LogP contribution in [-0.2, 0) is 17.5 Å². The minimum absolute atomic E-state index is 0.0453. The summed E-state index contributed by atoms with van der Waals surface area (Å²) < 4.78 is 9.79. The van der Waals surface area contributed by atoms with E-state index >= 15 is 0 Å². The zero-order chi connectivity index (χ0) is 20.2. The Morgan fingerprint density at radius 1 is 1.22 bits per heavy atom. The van der Waals surface area contributed by atoms with Crippen molar-refractivity contribution in [3.63, 3.8) is 0 Å². The molecule has 0 unspecified atom stereocenters. The molecule has 0 bridgehead atoms. The Balaban J connectivity index is 2.17. The van der Waals surface area contributed by atoms with E-state index in [1.807, 2.05) is 10.6 Å². The molecule has 2 aromatic heterocycles. The maximum atomic E-state index is 13.0. The molecular weight excluding hydrogens is 424 g/mol. The molecule has 0 saturated carbocycles. The Morgan fingerprint density at radius 3 is 2.56 bits per heavy atom. The van der Waals surface area contributed by atoms with Crippen molar-refractivity contribution in [3.05, 3.63) is 22.6 Å². The maximum Gasteiger partial charge on any atom is 0.276 e. The molecule has 2 heterocycles. The lowest BCUT2D eigenvalue weighted by molar-refractivity contribution is 0.270. The first-order chi connectivity index (χ1) is 12.6. The number of alkyl halides is 1. The number of nitrogen functional groups attached to an aromatic ring is 1. The fraction of sp³-hybridized carbons (Fsp3) is 0.684. The smallest absolute Gasteiger partial charge is 0.276 e. The number of anilines is 1. The molecule has 2 N–H and O–H groups in total. The van der Waals surface area contributed by atoms with Crippen molar-refractivity contribution in [2.24, 2.45) is 0 Å². The molecule has 0 aromatic carbocycles. The molecule has 0 spiro atoms. The van der Waals surface area contributed by atoms with E-state index < -0.39 is 8.32 Å². The molecule has 0 saturated heterocycles. The number of hydrogen-bond donors (Lipinski definition) is 1. The van der Waals surface area contributed by atoms with Crippen LogP contribution in [0.5, 0.6) is 0 Å². The Labute approximate surface area is 171 Å². The van der Waals surface area contributed by atoms with E-state index in [0.29, 0.717) is 30.1 Å². The summed E-state index contributed by atoms with van der Waals surface area (Å²) in [5, 5.41) is 1.15. The molecule has 8 heteroatoms. The van der Waals surface area contributed by atoms with Crippen LogP contribution in [0, 0.1) is 0 Å². The number of rotatable bonds is 9. The number of aryl methyl sites for hydroxylation is 1. The topological polar surface area (TPSA) is 75.1 Å². The predicted molar refractivity (Wildman–Crippen MR) is 119 cm³/mol. The molecule has 0 aliphatic carbocycles. The first-order valence-corrected chi connectivity index (χ1v) is 13.7. The summed E-state index contributed by atoms with van der Waals surface area (Å²) in [5.74, 6) is 0.413. The van der Waals surface area contributed by atoms with Crippen molar-refractivity contribution in [2.45, 2.75) is 71.3 Å². The van der Waals surface area contributed by atoms with Crippen molar-refractivity contribution in [2.75, 3.05) is 17.7 Å². The Bertz CT molecular complexity index is 823. The summed E-state index contributed by atoms with van der Waals surface area (Å²) in [6.07, 6.45) is 4.97. The van der Waals surface area contributed by atoms with Crippen LogP contribution in [0.4, 0.5) is 5.95 Å². The van der Waals surface area contributed by atoms with Crippen molar-refractivity contribution >= 4 is 41.2 Å². The minimum Gasteiger partial charge on any atom is -0.415 e. The lowest BCUT2D eigenvalue weighted by atomic mass is 10.2. The van der Waals surface area contributed by atoms with Gasteiger partial charge in [0.05, 0.1) is 12.1 Å². The Kier molecular flexibility index (Phi) is 7.32. The molecule has 6 nitrogen and oxygen atoms in total. The molecule has 0 aliphatic heterocycles. The highest BCUT2D eigenvalue weighted by atomic mass is 79.9. The Morgan fingerprint density at radius 2 is 1.93 bits per heavy atom. The lowest BCUT2D eigenvalue weighted by Gasteiger charge is -2.36. The van der Waals surface area contributed by atoms with Gasteiger partial charge in [0.15, 0.2) is 8.32 Å². The zero-order valence-electron chi connectivity index (χ0n) is 17.2. The van der Waals surface area contributed by atoms with Gasteiger partial charge in [-0.2, -0.15) is 0 Å². The molecule has 0 amide bonds. The molecule has 152 valence electrons. The van der Waals surface area contributed by atoms with Gasteiger partial charge in [0, 0.05) is 24.6 Å². The standard InChI is InChI=1S/C19H33BrN4O2Si/c1-19(2,3)27(4,5)26-14-13-23-12-9-15-16(17(23)25)24(18(21)22-15)11-8-6-7-10-20/h9,12H,6-8,10-11,13-14H2,1-5H3,(H2,21,22). The fourth-order valence-electron chi connectivity index (χ4n) is 2.75. The monoisotopic (exact) mass is 456 g/mol. The quantitative estimate of drug-likeness (QED) is 0.345. The van der Waals surface area contributed by atoms with Crippen molar-refractivity contribution in [1.82, 2.24) is 14.1 Å². The van der Waals surface area contributed by atoms with Gasteiger partial charge in [-0.3, -0.25) is 4.79 Å². The van der Waals surface area contributed by atoms with Gasteiger partial charge in [0.2, 0.25) is 5.95 Å². The number of hydrogen-bond acceptors (Lipinski definition) is 4. The molecule has 0 radical (unpaired) electrons. The Hall–Kier alpha value is -1.12. The van der Waals surface area contributed by atoms with Gasteiger partial charge in [-0.05, 0) is 37.0 Å². The number of nitrogens with two attached hydrogens (primary N) is 1. The third-order valence-electron chi connectivity index (χ3n) is 5.52. The van der Waals surface area contributed by atoms with Gasteiger partial charge < -0.3 is 19.3 Å².